The number of esters is 1. The van der Waals surface area contributed by atoms with Crippen LogP contribution in [0.4, 0.5) is 0 Å². The van der Waals surface area contributed by atoms with Crippen LogP contribution >= 0.6 is 0 Å². The third-order valence-electron chi connectivity index (χ3n) is 2.70. The van der Waals surface area contributed by atoms with Crippen LogP contribution < -0.4 is 0 Å². The number of benzene rings is 1. The number of nitrogens with zero attached hydrogens (tertiary/aromatic N) is 2. The zero-order chi connectivity index (χ0) is 13.7. The third-order valence-corrected chi connectivity index (χ3v) is 2.70. The molecule has 19 heavy (non-hydrogen) atoms. The Morgan fingerprint density at radius 1 is 1.26 bits per heavy atom. The van der Waals surface area contributed by atoms with E-state index >= 15 is 0 Å². The average molecular weight is 256 g/mol. The molecule has 4 heteroatoms. The van der Waals surface area contributed by atoms with Crippen LogP contribution in [0.1, 0.15) is 34.4 Å². The summed E-state index contributed by atoms with van der Waals surface area (Å²) in [5.41, 5.74) is 2.25. The number of carbonyl (C=O) groups excluding carboxylic acids is 1. The van der Waals surface area contributed by atoms with Crippen molar-refractivity contribution in [3.63, 3.8) is 0 Å². The van der Waals surface area contributed by atoms with Gasteiger partial charge in [0.1, 0.15) is 5.82 Å². The van der Waals surface area contributed by atoms with E-state index in [1.54, 1.807) is 13.1 Å². The molecule has 0 saturated heterocycles. The van der Waals surface area contributed by atoms with E-state index in [2.05, 4.69) is 9.97 Å². The Morgan fingerprint density at radius 3 is 2.68 bits per heavy atom. The minimum Gasteiger partial charge on any atom is -0.462 e. The molecule has 1 aromatic carbocycles. The van der Waals surface area contributed by atoms with Crippen molar-refractivity contribution >= 4 is 5.97 Å². The number of rotatable bonds is 4. The van der Waals surface area contributed by atoms with Crippen LogP contribution in [-0.2, 0) is 11.2 Å². The molecule has 0 fully saturated rings. The lowest BCUT2D eigenvalue weighted by molar-refractivity contribution is 0.0524. The molecule has 0 aliphatic rings. The summed E-state index contributed by atoms with van der Waals surface area (Å²) < 4.78 is 5.03. The predicted octanol–water partition coefficient (Wildman–Crippen LogP) is 2.55. The number of carbonyl (C=O) groups is 1. The minimum atomic E-state index is -0.367. The van der Waals surface area contributed by atoms with Crippen LogP contribution in [0.5, 0.6) is 0 Å². The Kier molecular flexibility index (Phi) is 4.23. The summed E-state index contributed by atoms with van der Waals surface area (Å²) in [7, 11) is 0. The Morgan fingerprint density at radius 2 is 2.00 bits per heavy atom. The summed E-state index contributed by atoms with van der Waals surface area (Å²) in [5.74, 6) is 0.285. The largest absolute Gasteiger partial charge is 0.462 e. The number of aromatic nitrogens is 2. The van der Waals surface area contributed by atoms with Gasteiger partial charge in [-0.25, -0.2) is 14.8 Å². The zero-order valence-corrected chi connectivity index (χ0v) is 11.1. The Bertz CT molecular complexity index is 568. The highest BCUT2D eigenvalue weighted by Gasteiger charge is 2.15. The SMILES string of the molecule is CCOC(=O)c1cnc(C)nc1Cc1ccccc1. The van der Waals surface area contributed by atoms with Crippen molar-refractivity contribution in [3.8, 4) is 0 Å². The molecule has 0 saturated carbocycles. The maximum absolute atomic E-state index is 11.9. The van der Waals surface area contributed by atoms with Crippen LogP contribution in [0.25, 0.3) is 0 Å². The Hall–Kier alpha value is -2.23. The van der Waals surface area contributed by atoms with Gasteiger partial charge in [-0.2, -0.15) is 0 Å². The first kappa shape index (κ1) is 13.2. The lowest BCUT2D eigenvalue weighted by atomic mass is 10.1. The first-order chi connectivity index (χ1) is 9.20. The second-order valence-corrected chi connectivity index (χ2v) is 4.16. The number of hydrogen-bond donors (Lipinski definition) is 0. The molecule has 0 spiro atoms. The van der Waals surface area contributed by atoms with Gasteiger partial charge >= 0.3 is 5.97 Å². The molecule has 98 valence electrons. The molecule has 4 nitrogen and oxygen atoms in total. The van der Waals surface area contributed by atoms with Crippen molar-refractivity contribution in [2.75, 3.05) is 6.61 Å². The van der Waals surface area contributed by atoms with Gasteiger partial charge in [-0.1, -0.05) is 30.3 Å². The monoisotopic (exact) mass is 256 g/mol. The molecule has 0 aliphatic heterocycles. The number of ether oxygens (including phenoxy) is 1. The van der Waals surface area contributed by atoms with E-state index in [1.165, 1.54) is 0 Å². The van der Waals surface area contributed by atoms with Gasteiger partial charge in [0, 0.05) is 12.6 Å². The van der Waals surface area contributed by atoms with E-state index in [-0.39, 0.29) is 5.97 Å². The van der Waals surface area contributed by atoms with E-state index in [1.807, 2.05) is 37.3 Å². The fourth-order valence-corrected chi connectivity index (χ4v) is 1.82. The van der Waals surface area contributed by atoms with Gasteiger partial charge in [0.2, 0.25) is 0 Å². The first-order valence-corrected chi connectivity index (χ1v) is 6.24. The maximum atomic E-state index is 11.9. The van der Waals surface area contributed by atoms with Crippen molar-refractivity contribution in [1.29, 1.82) is 0 Å². The van der Waals surface area contributed by atoms with Crippen LogP contribution in [0.3, 0.4) is 0 Å². The van der Waals surface area contributed by atoms with Gasteiger partial charge in [0.25, 0.3) is 0 Å². The van der Waals surface area contributed by atoms with Gasteiger partial charge < -0.3 is 4.74 Å². The van der Waals surface area contributed by atoms with Crippen molar-refractivity contribution < 1.29 is 9.53 Å². The van der Waals surface area contributed by atoms with Crippen molar-refractivity contribution in [2.45, 2.75) is 20.3 Å². The van der Waals surface area contributed by atoms with Crippen LogP contribution in [-0.4, -0.2) is 22.5 Å². The molecule has 0 atom stereocenters. The normalized spacial score (nSPS) is 10.2. The summed E-state index contributed by atoms with van der Waals surface area (Å²) in [4.78, 5) is 20.3. The van der Waals surface area contributed by atoms with E-state index in [4.69, 9.17) is 4.74 Å². The van der Waals surface area contributed by atoms with Crippen molar-refractivity contribution in [3.05, 3.63) is 59.2 Å². The second kappa shape index (κ2) is 6.09. The molecule has 2 rings (SSSR count). The molecule has 2 aromatic rings. The predicted molar refractivity (Wildman–Crippen MR) is 72.0 cm³/mol. The Balaban J connectivity index is 2.32. The van der Waals surface area contributed by atoms with Crippen molar-refractivity contribution in [2.24, 2.45) is 0 Å². The summed E-state index contributed by atoms with van der Waals surface area (Å²) in [6, 6.07) is 9.90. The molecule has 0 bridgehead atoms. The van der Waals surface area contributed by atoms with Gasteiger partial charge in [-0.15, -0.1) is 0 Å². The number of aryl methyl sites for hydroxylation is 1. The molecule has 1 aromatic heterocycles. The molecule has 0 unspecified atom stereocenters. The Labute approximate surface area is 112 Å². The second-order valence-electron chi connectivity index (χ2n) is 4.16. The van der Waals surface area contributed by atoms with E-state index in [0.717, 1.165) is 5.56 Å². The number of hydrogen-bond acceptors (Lipinski definition) is 4. The average Bonchev–Trinajstić information content (AvgIpc) is 2.40. The summed E-state index contributed by atoms with van der Waals surface area (Å²) >= 11 is 0. The molecule has 0 aliphatic carbocycles. The van der Waals surface area contributed by atoms with Gasteiger partial charge in [-0.05, 0) is 19.4 Å². The quantitative estimate of drug-likeness (QED) is 0.789. The van der Waals surface area contributed by atoms with E-state index in [9.17, 15) is 4.79 Å². The molecular weight excluding hydrogens is 240 g/mol. The zero-order valence-electron chi connectivity index (χ0n) is 11.1. The highest BCUT2D eigenvalue weighted by Crippen LogP contribution is 2.13. The van der Waals surface area contributed by atoms with Crippen LogP contribution in [0.2, 0.25) is 0 Å². The maximum Gasteiger partial charge on any atom is 0.341 e. The standard InChI is InChI=1S/C15H16N2O2/c1-3-19-15(18)13-10-16-11(2)17-14(13)9-12-7-5-4-6-8-12/h4-8,10H,3,9H2,1-2H3. The fraction of sp³-hybridized carbons (Fsp3) is 0.267. The lowest BCUT2D eigenvalue weighted by Crippen LogP contribution is -2.12. The highest BCUT2D eigenvalue weighted by molar-refractivity contribution is 5.90. The van der Waals surface area contributed by atoms with E-state index < -0.39 is 0 Å². The van der Waals surface area contributed by atoms with Gasteiger partial charge in [-0.3, -0.25) is 0 Å². The minimum absolute atomic E-state index is 0.345. The summed E-state index contributed by atoms with van der Waals surface area (Å²) in [6.07, 6.45) is 2.14. The van der Waals surface area contributed by atoms with Gasteiger partial charge in [0.15, 0.2) is 0 Å². The summed E-state index contributed by atoms with van der Waals surface area (Å²) in [6.45, 7) is 3.94. The highest BCUT2D eigenvalue weighted by atomic mass is 16.5. The summed E-state index contributed by atoms with van der Waals surface area (Å²) in [5, 5.41) is 0. The fourth-order valence-electron chi connectivity index (χ4n) is 1.82. The van der Waals surface area contributed by atoms with Crippen LogP contribution in [0.15, 0.2) is 36.5 Å². The van der Waals surface area contributed by atoms with Crippen LogP contribution in [0, 0.1) is 6.92 Å². The lowest BCUT2D eigenvalue weighted by Gasteiger charge is -2.08. The van der Waals surface area contributed by atoms with Crippen molar-refractivity contribution in [1.82, 2.24) is 9.97 Å². The third kappa shape index (κ3) is 3.37. The van der Waals surface area contributed by atoms with Gasteiger partial charge in [0.05, 0.1) is 17.9 Å². The van der Waals surface area contributed by atoms with E-state index in [0.29, 0.717) is 30.1 Å². The molecule has 0 radical (unpaired) electrons. The molecule has 0 N–H and O–H groups in total. The molecular formula is C15H16N2O2. The molecule has 0 amide bonds. The smallest absolute Gasteiger partial charge is 0.341 e. The first-order valence-electron chi connectivity index (χ1n) is 6.24. The topological polar surface area (TPSA) is 52.1 Å². The molecule has 1 heterocycles.